The molecule has 136 valence electrons. The molecule has 2 aromatic carbocycles. The molecule has 0 aliphatic rings. The Labute approximate surface area is 154 Å². The molecule has 0 spiro atoms. The number of nitrogens with zero attached hydrogens (tertiary/aromatic N) is 4. The first-order chi connectivity index (χ1) is 13.2. The number of methoxy groups -OCH3 is 1. The summed E-state index contributed by atoms with van der Waals surface area (Å²) < 4.78 is 24.6. The van der Waals surface area contributed by atoms with E-state index in [4.69, 9.17) is 9.15 Å². The third-order valence-electron chi connectivity index (χ3n) is 4.03. The second-order valence-electron chi connectivity index (χ2n) is 5.77. The molecule has 0 atom stereocenters. The molecule has 4 rings (SSSR count). The quantitative estimate of drug-likeness (QED) is 0.560. The third kappa shape index (κ3) is 3.55. The highest BCUT2D eigenvalue weighted by molar-refractivity contribution is 5.90. The summed E-state index contributed by atoms with van der Waals surface area (Å²) in [6.45, 7) is 0.516. The van der Waals surface area contributed by atoms with Crippen LogP contribution in [0.4, 0.5) is 10.2 Å². The van der Waals surface area contributed by atoms with Gasteiger partial charge in [-0.2, -0.15) is 0 Å². The number of anilines is 1. The minimum absolute atomic E-state index is 0.143. The van der Waals surface area contributed by atoms with E-state index in [1.54, 1.807) is 6.07 Å². The van der Waals surface area contributed by atoms with E-state index in [-0.39, 0.29) is 5.75 Å². The Morgan fingerprint density at radius 3 is 2.78 bits per heavy atom. The van der Waals surface area contributed by atoms with E-state index in [2.05, 4.69) is 25.5 Å². The summed E-state index contributed by atoms with van der Waals surface area (Å²) in [5, 5.41) is 12.0. The molecule has 27 heavy (non-hydrogen) atoms. The maximum atomic E-state index is 13.8. The minimum Gasteiger partial charge on any atom is -0.494 e. The summed E-state index contributed by atoms with van der Waals surface area (Å²) in [5.74, 6) is 1.27. The molecule has 0 aliphatic carbocycles. The Kier molecular flexibility index (Phi) is 4.61. The first-order valence-electron chi connectivity index (χ1n) is 8.34. The Bertz CT molecular complexity index is 1070. The number of hydrogen-bond acceptors (Lipinski definition) is 7. The molecule has 0 saturated carbocycles. The van der Waals surface area contributed by atoms with Crippen molar-refractivity contribution in [2.45, 2.75) is 6.42 Å². The van der Waals surface area contributed by atoms with Gasteiger partial charge in [0.1, 0.15) is 12.1 Å². The molecule has 0 aliphatic heterocycles. The molecule has 7 nitrogen and oxygen atoms in total. The topological polar surface area (TPSA) is 86.0 Å². The van der Waals surface area contributed by atoms with Crippen molar-refractivity contribution in [2.24, 2.45) is 0 Å². The summed E-state index contributed by atoms with van der Waals surface area (Å²) >= 11 is 0. The standard InChI is InChI=1S/C19H16FN5O2/c1-26-16-9-13-15(10-14(16)20)22-11-23-18(13)21-8-7-17-24-25-19(27-17)12-5-3-2-4-6-12/h2-6,9-11H,7-8H2,1H3,(H,21,22,23). The SMILES string of the molecule is COc1cc2c(NCCc3nnc(-c4ccccc4)o3)ncnc2cc1F. The molecule has 0 saturated heterocycles. The zero-order valence-corrected chi connectivity index (χ0v) is 14.5. The van der Waals surface area contributed by atoms with Crippen LogP contribution in [-0.4, -0.2) is 33.8 Å². The van der Waals surface area contributed by atoms with Crippen LogP contribution in [0.15, 0.2) is 53.2 Å². The molecule has 0 fully saturated rings. The Morgan fingerprint density at radius 1 is 1.11 bits per heavy atom. The normalized spacial score (nSPS) is 10.9. The number of nitrogens with one attached hydrogen (secondary N) is 1. The van der Waals surface area contributed by atoms with Crippen LogP contribution in [0.1, 0.15) is 5.89 Å². The van der Waals surface area contributed by atoms with Gasteiger partial charge in [0.2, 0.25) is 11.8 Å². The molecular formula is C19H16FN5O2. The second kappa shape index (κ2) is 7.36. The van der Waals surface area contributed by atoms with Gasteiger partial charge in [0.15, 0.2) is 11.6 Å². The van der Waals surface area contributed by atoms with Crippen molar-refractivity contribution in [2.75, 3.05) is 19.0 Å². The molecule has 2 aromatic heterocycles. The number of hydrogen-bond donors (Lipinski definition) is 1. The smallest absolute Gasteiger partial charge is 0.247 e. The molecule has 0 radical (unpaired) electrons. The number of rotatable bonds is 6. The maximum absolute atomic E-state index is 13.8. The summed E-state index contributed by atoms with van der Waals surface area (Å²) in [6, 6.07) is 12.5. The van der Waals surface area contributed by atoms with Crippen molar-refractivity contribution < 1.29 is 13.5 Å². The van der Waals surface area contributed by atoms with Crippen LogP contribution < -0.4 is 10.1 Å². The molecule has 1 N–H and O–H groups in total. The van der Waals surface area contributed by atoms with E-state index in [0.29, 0.717) is 41.5 Å². The van der Waals surface area contributed by atoms with Crippen LogP contribution in [0, 0.1) is 5.82 Å². The van der Waals surface area contributed by atoms with Crippen molar-refractivity contribution in [1.29, 1.82) is 0 Å². The molecule has 0 bridgehead atoms. The van der Waals surface area contributed by atoms with Gasteiger partial charge < -0.3 is 14.5 Å². The van der Waals surface area contributed by atoms with Crippen LogP contribution in [0.2, 0.25) is 0 Å². The van der Waals surface area contributed by atoms with E-state index < -0.39 is 5.82 Å². The predicted octanol–water partition coefficient (Wildman–Crippen LogP) is 3.48. The molecule has 2 heterocycles. The number of halogens is 1. The summed E-state index contributed by atoms with van der Waals surface area (Å²) in [6.07, 6.45) is 1.90. The molecular weight excluding hydrogens is 349 g/mol. The fraction of sp³-hybridized carbons (Fsp3) is 0.158. The molecule has 0 unspecified atom stereocenters. The van der Waals surface area contributed by atoms with Crippen LogP contribution in [0.3, 0.4) is 0 Å². The highest BCUT2D eigenvalue weighted by atomic mass is 19.1. The van der Waals surface area contributed by atoms with Gasteiger partial charge in [-0.3, -0.25) is 0 Å². The number of aromatic nitrogens is 4. The first kappa shape index (κ1) is 16.9. The van der Waals surface area contributed by atoms with E-state index in [1.165, 1.54) is 19.5 Å². The highest BCUT2D eigenvalue weighted by Crippen LogP contribution is 2.27. The van der Waals surface area contributed by atoms with Crippen molar-refractivity contribution in [3.8, 4) is 17.2 Å². The highest BCUT2D eigenvalue weighted by Gasteiger charge is 2.11. The average Bonchev–Trinajstić information content (AvgIpc) is 3.17. The third-order valence-corrected chi connectivity index (χ3v) is 4.03. The van der Waals surface area contributed by atoms with Crippen molar-refractivity contribution in [3.05, 3.63) is 60.5 Å². The van der Waals surface area contributed by atoms with Gasteiger partial charge in [0, 0.05) is 30.0 Å². The maximum Gasteiger partial charge on any atom is 0.247 e. The minimum atomic E-state index is -0.464. The van der Waals surface area contributed by atoms with Gasteiger partial charge >= 0.3 is 0 Å². The van der Waals surface area contributed by atoms with Crippen molar-refractivity contribution in [1.82, 2.24) is 20.2 Å². The Balaban J connectivity index is 1.47. The number of benzene rings is 2. The zero-order valence-electron chi connectivity index (χ0n) is 14.5. The fourth-order valence-corrected chi connectivity index (χ4v) is 2.69. The van der Waals surface area contributed by atoms with E-state index >= 15 is 0 Å². The predicted molar refractivity (Wildman–Crippen MR) is 98.0 cm³/mol. The molecule has 4 aromatic rings. The van der Waals surface area contributed by atoms with Crippen LogP contribution in [0.5, 0.6) is 5.75 Å². The first-order valence-corrected chi connectivity index (χ1v) is 8.34. The van der Waals surface area contributed by atoms with Gasteiger partial charge in [0.25, 0.3) is 0 Å². The van der Waals surface area contributed by atoms with Gasteiger partial charge in [-0.05, 0) is 18.2 Å². The van der Waals surface area contributed by atoms with Crippen LogP contribution >= 0.6 is 0 Å². The average molecular weight is 365 g/mol. The van der Waals surface area contributed by atoms with Crippen molar-refractivity contribution in [3.63, 3.8) is 0 Å². The van der Waals surface area contributed by atoms with Gasteiger partial charge in [-0.25, -0.2) is 14.4 Å². The van der Waals surface area contributed by atoms with E-state index in [9.17, 15) is 4.39 Å². The number of fused-ring (bicyclic) bond motifs is 1. The lowest BCUT2D eigenvalue weighted by molar-refractivity contribution is 0.387. The van der Waals surface area contributed by atoms with Gasteiger partial charge in [-0.1, -0.05) is 18.2 Å². The monoisotopic (exact) mass is 365 g/mol. The molecule has 0 amide bonds. The van der Waals surface area contributed by atoms with Gasteiger partial charge in [-0.15, -0.1) is 10.2 Å². The van der Waals surface area contributed by atoms with Gasteiger partial charge in [0.05, 0.1) is 12.6 Å². The summed E-state index contributed by atoms with van der Waals surface area (Å²) in [5.41, 5.74) is 1.37. The lowest BCUT2D eigenvalue weighted by atomic mass is 10.2. The number of ether oxygens (including phenoxy) is 1. The zero-order chi connectivity index (χ0) is 18.6. The van der Waals surface area contributed by atoms with Crippen LogP contribution in [0.25, 0.3) is 22.4 Å². The summed E-state index contributed by atoms with van der Waals surface area (Å²) in [4.78, 5) is 8.32. The van der Waals surface area contributed by atoms with E-state index in [0.717, 1.165) is 5.56 Å². The van der Waals surface area contributed by atoms with Crippen LogP contribution in [-0.2, 0) is 6.42 Å². The summed E-state index contributed by atoms with van der Waals surface area (Å²) in [7, 11) is 1.42. The second-order valence-corrected chi connectivity index (χ2v) is 5.77. The Morgan fingerprint density at radius 2 is 1.96 bits per heavy atom. The lowest BCUT2D eigenvalue weighted by Crippen LogP contribution is -2.07. The molecule has 8 heteroatoms. The fourth-order valence-electron chi connectivity index (χ4n) is 2.69. The lowest BCUT2D eigenvalue weighted by Gasteiger charge is -2.09. The Hall–Kier alpha value is -3.55. The van der Waals surface area contributed by atoms with E-state index in [1.807, 2.05) is 30.3 Å². The largest absolute Gasteiger partial charge is 0.494 e. The van der Waals surface area contributed by atoms with Crippen molar-refractivity contribution >= 4 is 16.7 Å².